The zero-order chi connectivity index (χ0) is 21.3. The number of hydrogen-bond donors (Lipinski definition) is 1. The molecule has 0 unspecified atom stereocenters. The van der Waals surface area contributed by atoms with Crippen molar-refractivity contribution in [2.24, 2.45) is 0 Å². The molecule has 152 valence electrons. The van der Waals surface area contributed by atoms with Gasteiger partial charge in [0, 0.05) is 33.8 Å². The first kappa shape index (κ1) is 21.7. The number of nitrogens with zero attached hydrogens (tertiary/aromatic N) is 2. The van der Waals surface area contributed by atoms with Gasteiger partial charge in [-0.25, -0.2) is 12.7 Å². The summed E-state index contributed by atoms with van der Waals surface area (Å²) in [6, 6.07) is 8.17. The van der Waals surface area contributed by atoms with E-state index in [4.69, 9.17) is 0 Å². The van der Waals surface area contributed by atoms with E-state index in [1.807, 2.05) is 0 Å². The third-order valence-corrected chi connectivity index (χ3v) is 5.74. The molecule has 0 fully saturated rings. The van der Waals surface area contributed by atoms with Gasteiger partial charge in [-0.05, 0) is 36.4 Å². The van der Waals surface area contributed by atoms with E-state index < -0.39 is 27.7 Å². The summed E-state index contributed by atoms with van der Waals surface area (Å²) in [4.78, 5) is 14.1. The summed E-state index contributed by atoms with van der Waals surface area (Å²) in [6.07, 6.45) is -4.58. The molecule has 6 nitrogen and oxygen atoms in total. The van der Waals surface area contributed by atoms with Gasteiger partial charge in [-0.2, -0.15) is 13.2 Å². The Morgan fingerprint density at radius 3 is 2.18 bits per heavy atom. The van der Waals surface area contributed by atoms with Gasteiger partial charge in [0.25, 0.3) is 5.91 Å². The highest BCUT2D eigenvalue weighted by Gasteiger charge is 2.31. The number of sulfonamides is 1. The van der Waals surface area contributed by atoms with Gasteiger partial charge in [0.1, 0.15) is 0 Å². The Bertz CT molecular complexity index is 987. The Balaban J connectivity index is 2.45. The van der Waals surface area contributed by atoms with E-state index in [9.17, 15) is 26.4 Å². The Hall–Kier alpha value is -2.59. The first-order chi connectivity index (χ1) is 12.8. The van der Waals surface area contributed by atoms with Crippen LogP contribution in [0.1, 0.15) is 15.9 Å². The smallest absolute Gasteiger partial charge is 0.376 e. The van der Waals surface area contributed by atoms with Gasteiger partial charge in [-0.1, -0.05) is 6.07 Å². The molecule has 0 saturated heterocycles. The maximum Gasteiger partial charge on any atom is 0.416 e. The van der Waals surface area contributed by atoms with E-state index in [0.29, 0.717) is 5.69 Å². The van der Waals surface area contributed by atoms with Crippen LogP contribution in [0.4, 0.5) is 24.5 Å². The van der Waals surface area contributed by atoms with E-state index in [1.54, 1.807) is 19.0 Å². The second kappa shape index (κ2) is 7.80. The fraction of sp³-hybridized carbons (Fsp3) is 0.278. The van der Waals surface area contributed by atoms with E-state index in [2.05, 4.69) is 5.32 Å². The van der Waals surface area contributed by atoms with Crippen LogP contribution in [0.25, 0.3) is 0 Å². The fourth-order valence-electron chi connectivity index (χ4n) is 2.41. The predicted molar refractivity (Wildman–Crippen MR) is 101 cm³/mol. The number of anilines is 2. The summed E-state index contributed by atoms with van der Waals surface area (Å²) in [6.45, 7) is 0. The van der Waals surface area contributed by atoms with Crippen molar-refractivity contribution in [3.8, 4) is 0 Å². The normalized spacial score (nSPS) is 12.1. The van der Waals surface area contributed by atoms with E-state index >= 15 is 0 Å². The molecule has 0 saturated carbocycles. The number of alkyl halides is 3. The minimum Gasteiger partial charge on any atom is -0.376 e. The van der Waals surface area contributed by atoms with Gasteiger partial charge >= 0.3 is 6.18 Å². The molecule has 28 heavy (non-hydrogen) atoms. The van der Waals surface area contributed by atoms with Crippen molar-refractivity contribution < 1.29 is 26.4 Å². The molecule has 0 spiro atoms. The summed E-state index contributed by atoms with van der Waals surface area (Å²) >= 11 is 0. The number of nitrogens with one attached hydrogen (secondary N) is 1. The van der Waals surface area contributed by atoms with Gasteiger partial charge in [0.2, 0.25) is 10.0 Å². The average Bonchev–Trinajstić information content (AvgIpc) is 2.60. The lowest BCUT2D eigenvalue weighted by molar-refractivity contribution is -0.137. The highest BCUT2D eigenvalue weighted by Crippen LogP contribution is 2.31. The van der Waals surface area contributed by atoms with Crippen molar-refractivity contribution in [1.29, 1.82) is 0 Å². The Kier molecular flexibility index (Phi) is 6.05. The molecule has 2 aromatic carbocycles. The van der Waals surface area contributed by atoms with Crippen LogP contribution in [0.3, 0.4) is 0 Å². The lowest BCUT2D eigenvalue weighted by atomic mass is 10.1. The van der Waals surface area contributed by atoms with Crippen LogP contribution in [-0.4, -0.2) is 46.8 Å². The molecule has 1 N–H and O–H groups in total. The first-order valence-electron chi connectivity index (χ1n) is 8.06. The number of carbonyl (C=O) groups is 1. The largest absolute Gasteiger partial charge is 0.416 e. The molecule has 0 heterocycles. The topological polar surface area (TPSA) is 69.7 Å². The van der Waals surface area contributed by atoms with E-state index in [1.165, 1.54) is 38.4 Å². The zero-order valence-electron chi connectivity index (χ0n) is 15.7. The quantitative estimate of drug-likeness (QED) is 0.814. The molecule has 10 heteroatoms. The van der Waals surface area contributed by atoms with Crippen LogP contribution in [0.15, 0.2) is 47.4 Å². The molecule has 0 aliphatic carbocycles. The number of halogens is 3. The van der Waals surface area contributed by atoms with Crippen molar-refractivity contribution in [3.05, 3.63) is 53.6 Å². The monoisotopic (exact) mass is 415 g/mol. The zero-order valence-corrected chi connectivity index (χ0v) is 16.5. The molecule has 0 bridgehead atoms. The summed E-state index contributed by atoms with van der Waals surface area (Å²) in [5.41, 5.74) is -0.481. The number of amides is 1. The highest BCUT2D eigenvalue weighted by atomic mass is 32.2. The van der Waals surface area contributed by atoms with Crippen LogP contribution in [0.5, 0.6) is 0 Å². The fourth-order valence-corrected chi connectivity index (χ4v) is 3.34. The van der Waals surface area contributed by atoms with Gasteiger partial charge in [0.05, 0.1) is 21.8 Å². The van der Waals surface area contributed by atoms with Crippen LogP contribution < -0.4 is 10.2 Å². The van der Waals surface area contributed by atoms with Crippen molar-refractivity contribution in [1.82, 2.24) is 4.31 Å². The van der Waals surface area contributed by atoms with Crippen LogP contribution in [-0.2, 0) is 16.2 Å². The third kappa shape index (κ3) is 4.63. The molecule has 0 radical (unpaired) electrons. The SMILES string of the molecule is CN(C)c1ccc(S(=O)(=O)N(C)C)cc1NC(=O)c1cccc(C(F)(F)F)c1. The number of rotatable bonds is 5. The van der Waals surface area contributed by atoms with Crippen molar-refractivity contribution in [2.45, 2.75) is 11.1 Å². The molecule has 0 aliphatic heterocycles. The Morgan fingerprint density at radius 2 is 1.64 bits per heavy atom. The summed E-state index contributed by atoms with van der Waals surface area (Å²) in [5, 5.41) is 2.51. The Morgan fingerprint density at radius 1 is 1.00 bits per heavy atom. The van der Waals surface area contributed by atoms with Crippen molar-refractivity contribution in [3.63, 3.8) is 0 Å². The number of hydrogen-bond acceptors (Lipinski definition) is 4. The van der Waals surface area contributed by atoms with Gasteiger partial charge < -0.3 is 10.2 Å². The van der Waals surface area contributed by atoms with Gasteiger partial charge in [-0.3, -0.25) is 4.79 Å². The lowest BCUT2D eigenvalue weighted by Crippen LogP contribution is -2.23. The molecule has 0 aliphatic rings. The maximum atomic E-state index is 12.9. The molecular weight excluding hydrogens is 395 g/mol. The van der Waals surface area contributed by atoms with Crippen molar-refractivity contribution in [2.75, 3.05) is 38.4 Å². The first-order valence-corrected chi connectivity index (χ1v) is 9.50. The average molecular weight is 415 g/mol. The van der Waals surface area contributed by atoms with E-state index in [-0.39, 0.29) is 16.1 Å². The second-order valence-corrected chi connectivity index (χ2v) is 8.55. The summed E-state index contributed by atoms with van der Waals surface area (Å²) < 4.78 is 64.4. The van der Waals surface area contributed by atoms with Crippen LogP contribution in [0, 0.1) is 0 Å². The molecular formula is C18H20F3N3O3S. The minimum atomic E-state index is -4.58. The summed E-state index contributed by atoms with van der Waals surface area (Å²) in [7, 11) is 2.37. The molecule has 1 amide bonds. The Labute approximate surface area is 161 Å². The lowest BCUT2D eigenvalue weighted by Gasteiger charge is -2.20. The molecule has 0 aromatic heterocycles. The van der Waals surface area contributed by atoms with Gasteiger partial charge in [-0.15, -0.1) is 0 Å². The standard InChI is InChI=1S/C18H20F3N3O3S/c1-23(2)16-9-8-14(28(26,27)24(3)4)11-15(16)22-17(25)12-6-5-7-13(10-12)18(19,20)21/h5-11H,1-4H3,(H,22,25). The molecule has 2 rings (SSSR count). The van der Waals surface area contributed by atoms with E-state index in [0.717, 1.165) is 22.5 Å². The second-order valence-electron chi connectivity index (χ2n) is 6.39. The molecule has 0 atom stereocenters. The maximum absolute atomic E-state index is 12.9. The van der Waals surface area contributed by atoms with Gasteiger partial charge in [0.15, 0.2) is 0 Å². The molecule has 2 aromatic rings. The predicted octanol–water partition coefficient (Wildman–Crippen LogP) is 3.27. The summed E-state index contributed by atoms with van der Waals surface area (Å²) in [5.74, 6) is -0.784. The van der Waals surface area contributed by atoms with Crippen molar-refractivity contribution >= 4 is 27.3 Å². The third-order valence-electron chi connectivity index (χ3n) is 3.93. The minimum absolute atomic E-state index is 0.0533. The highest BCUT2D eigenvalue weighted by molar-refractivity contribution is 7.89. The van der Waals surface area contributed by atoms with Crippen LogP contribution >= 0.6 is 0 Å². The number of carbonyl (C=O) groups excluding carboxylic acids is 1. The number of benzene rings is 2. The van der Waals surface area contributed by atoms with Crippen LogP contribution in [0.2, 0.25) is 0 Å².